The van der Waals surface area contributed by atoms with Gasteiger partial charge in [-0.3, -0.25) is 10.7 Å². The number of benzene rings is 1. The lowest BCUT2D eigenvalue weighted by atomic mass is 10.1. The molecule has 0 saturated carbocycles. The molecule has 4 heteroatoms. The second-order valence-corrected chi connectivity index (χ2v) is 4.84. The van der Waals surface area contributed by atoms with Crippen molar-refractivity contribution in [3.63, 3.8) is 0 Å². The third-order valence-electron chi connectivity index (χ3n) is 3.41. The summed E-state index contributed by atoms with van der Waals surface area (Å²) in [5.74, 6) is 5.42. The van der Waals surface area contributed by atoms with Gasteiger partial charge in [-0.05, 0) is 24.6 Å². The molecule has 1 aromatic carbocycles. The number of hydrazine groups is 1. The Kier molecular flexibility index (Phi) is 4.23. The van der Waals surface area contributed by atoms with Gasteiger partial charge in [0, 0.05) is 44.1 Å². The highest BCUT2D eigenvalue weighted by Gasteiger charge is 2.16. The zero-order valence-corrected chi connectivity index (χ0v) is 11.0. The van der Waals surface area contributed by atoms with Crippen LogP contribution in [-0.4, -0.2) is 36.0 Å². The number of nitrogens with zero attached hydrogens (tertiary/aromatic N) is 2. The molecule has 0 bridgehead atoms. The van der Waals surface area contributed by atoms with Crippen LogP contribution < -0.4 is 11.3 Å². The van der Waals surface area contributed by atoms with Gasteiger partial charge in [-0.15, -0.1) is 0 Å². The molecule has 0 radical (unpaired) electrons. The van der Waals surface area contributed by atoms with Crippen LogP contribution in [0.5, 0.6) is 0 Å². The van der Waals surface area contributed by atoms with Crippen molar-refractivity contribution in [2.75, 3.05) is 31.6 Å². The molecule has 0 aromatic heterocycles. The summed E-state index contributed by atoms with van der Waals surface area (Å²) in [5.41, 5.74) is 6.12. The number of nitrogen functional groups attached to an aromatic ring is 1. The standard InChI is InChI=1S/C14H22N4/c1-12(2)18-8-6-17(7-9-18)11-13-4-3-5-14(10-13)16-15/h3-5,10,16H,1,6-9,11,15H2,2H3. The first kappa shape index (κ1) is 12.9. The number of nitrogens with one attached hydrogen (secondary N) is 1. The Morgan fingerprint density at radius 3 is 2.67 bits per heavy atom. The molecule has 1 heterocycles. The van der Waals surface area contributed by atoms with Gasteiger partial charge in [0.1, 0.15) is 0 Å². The summed E-state index contributed by atoms with van der Waals surface area (Å²) in [4.78, 5) is 4.81. The van der Waals surface area contributed by atoms with Crippen LogP contribution in [0.2, 0.25) is 0 Å². The Labute approximate surface area is 109 Å². The first-order chi connectivity index (χ1) is 8.69. The fraction of sp³-hybridized carbons (Fsp3) is 0.429. The number of piperazine rings is 1. The van der Waals surface area contributed by atoms with Crippen LogP contribution in [0, 0.1) is 0 Å². The highest BCUT2D eigenvalue weighted by molar-refractivity contribution is 5.44. The van der Waals surface area contributed by atoms with E-state index < -0.39 is 0 Å². The number of anilines is 1. The monoisotopic (exact) mass is 246 g/mol. The highest BCUT2D eigenvalue weighted by atomic mass is 15.3. The molecular weight excluding hydrogens is 224 g/mol. The van der Waals surface area contributed by atoms with Crippen molar-refractivity contribution in [1.82, 2.24) is 9.80 Å². The number of hydrogen-bond acceptors (Lipinski definition) is 4. The van der Waals surface area contributed by atoms with Crippen molar-refractivity contribution in [2.45, 2.75) is 13.5 Å². The Morgan fingerprint density at radius 1 is 1.33 bits per heavy atom. The van der Waals surface area contributed by atoms with Crippen molar-refractivity contribution in [3.8, 4) is 0 Å². The van der Waals surface area contributed by atoms with E-state index in [0.29, 0.717) is 0 Å². The van der Waals surface area contributed by atoms with Gasteiger partial charge in [-0.1, -0.05) is 18.7 Å². The first-order valence-electron chi connectivity index (χ1n) is 6.37. The molecule has 0 aliphatic carbocycles. The van der Waals surface area contributed by atoms with Crippen molar-refractivity contribution >= 4 is 5.69 Å². The van der Waals surface area contributed by atoms with E-state index in [4.69, 9.17) is 5.84 Å². The Balaban J connectivity index is 1.89. The molecule has 0 amide bonds. The smallest absolute Gasteiger partial charge is 0.0488 e. The summed E-state index contributed by atoms with van der Waals surface area (Å²) in [6.45, 7) is 11.4. The molecule has 1 saturated heterocycles. The largest absolute Gasteiger partial charge is 0.373 e. The Hall–Kier alpha value is -1.52. The van der Waals surface area contributed by atoms with E-state index in [2.05, 4.69) is 40.9 Å². The maximum atomic E-state index is 5.42. The summed E-state index contributed by atoms with van der Waals surface area (Å²) in [6, 6.07) is 8.26. The van der Waals surface area contributed by atoms with Crippen LogP contribution in [0.1, 0.15) is 12.5 Å². The molecule has 98 valence electrons. The van der Waals surface area contributed by atoms with Gasteiger partial charge < -0.3 is 10.3 Å². The second-order valence-electron chi connectivity index (χ2n) is 4.84. The molecule has 0 unspecified atom stereocenters. The van der Waals surface area contributed by atoms with Crippen LogP contribution >= 0.6 is 0 Å². The predicted molar refractivity (Wildman–Crippen MR) is 75.9 cm³/mol. The Morgan fingerprint density at radius 2 is 2.06 bits per heavy atom. The lowest BCUT2D eigenvalue weighted by Crippen LogP contribution is -2.44. The minimum atomic E-state index is 0.966. The molecule has 3 N–H and O–H groups in total. The summed E-state index contributed by atoms with van der Waals surface area (Å²) >= 11 is 0. The number of hydrogen-bond donors (Lipinski definition) is 2. The number of rotatable bonds is 4. The topological polar surface area (TPSA) is 44.5 Å². The molecule has 0 atom stereocenters. The van der Waals surface area contributed by atoms with Crippen LogP contribution in [-0.2, 0) is 6.54 Å². The summed E-state index contributed by atoms with van der Waals surface area (Å²) in [7, 11) is 0. The van der Waals surface area contributed by atoms with Crippen molar-refractivity contribution in [3.05, 3.63) is 42.1 Å². The van der Waals surface area contributed by atoms with E-state index in [0.717, 1.165) is 38.4 Å². The third kappa shape index (κ3) is 3.24. The van der Waals surface area contributed by atoms with E-state index >= 15 is 0 Å². The maximum absolute atomic E-state index is 5.42. The minimum absolute atomic E-state index is 0.966. The van der Waals surface area contributed by atoms with Crippen molar-refractivity contribution in [2.24, 2.45) is 5.84 Å². The SMILES string of the molecule is C=C(C)N1CCN(Cc2cccc(NN)c2)CC1. The average Bonchev–Trinajstić information content (AvgIpc) is 2.39. The van der Waals surface area contributed by atoms with Crippen LogP contribution in [0.15, 0.2) is 36.5 Å². The fourth-order valence-corrected chi connectivity index (χ4v) is 2.31. The van der Waals surface area contributed by atoms with Gasteiger partial charge in [-0.2, -0.15) is 0 Å². The van der Waals surface area contributed by atoms with Crippen LogP contribution in [0.25, 0.3) is 0 Å². The second kappa shape index (κ2) is 5.89. The molecule has 4 nitrogen and oxygen atoms in total. The third-order valence-corrected chi connectivity index (χ3v) is 3.41. The van der Waals surface area contributed by atoms with Gasteiger partial charge in [0.05, 0.1) is 0 Å². The Bertz CT molecular complexity index is 408. The zero-order chi connectivity index (χ0) is 13.0. The number of allylic oxidation sites excluding steroid dienone is 1. The van der Waals surface area contributed by atoms with Crippen LogP contribution in [0.3, 0.4) is 0 Å². The number of nitrogens with two attached hydrogens (primary N) is 1. The summed E-state index contributed by atoms with van der Waals surface area (Å²) in [6.07, 6.45) is 0. The lowest BCUT2D eigenvalue weighted by molar-refractivity contribution is 0.153. The van der Waals surface area contributed by atoms with Gasteiger partial charge in [0.2, 0.25) is 0 Å². The molecule has 2 rings (SSSR count). The normalized spacial score (nSPS) is 16.7. The van der Waals surface area contributed by atoms with E-state index in [1.807, 2.05) is 12.1 Å². The van der Waals surface area contributed by atoms with Gasteiger partial charge >= 0.3 is 0 Å². The molecule has 1 aliphatic rings. The van der Waals surface area contributed by atoms with E-state index in [9.17, 15) is 0 Å². The quantitative estimate of drug-likeness (QED) is 0.626. The summed E-state index contributed by atoms with van der Waals surface area (Å²) < 4.78 is 0. The fourth-order valence-electron chi connectivity index (χ4n) is 2.31. The minimum Gasteiger partial charge on any atom is -0.373 e. The molecule has 0 spiro atoms. The highest BCUT2D eigenvalue weighted by Crippen LogP contribution is 2.14. The maximum Gasteiger partial charge on any atom is 0.0488 e. The molecule has 18 heavy (non-hydrogen) atoms. The van der Waals surface area contributed by atoms with Gasteiger partial charge in [0.15, 0.2) is 0 Å². The lowest BCUT2D eigenvalue weighted by Gasteiger charge is -2.36. The molecule has 1 fully saturated rings. The van der Waals surface area contributed by atoms with Crippen molar-refractivity contribution in [1.29, 1.82) is 0 Å². The van der Waals surface area contributed by atoms with Gasteiger partial charge in [-0.25, -0.2) is 0 Å². The van der Waals surface area contributed by atoms with E-state index in [1.54, 1.807) is 0 Å². The molecule has 1 aromatic rings. The first-order valence-corrected chi connectivity index (χ1v) is 6.37. The molecule has 1 aliphatic heterocycles. The van der Waals surface area contributed by atoms with Crippen LogP contribution in [0.4, 0.5) is 5.69 Å². The van der Waals surface area contributed by atoms with E-state index in [1.165, 1.54) is 11.3 Å². The van der Waals surface area contributed by atoms with Gasteiger partial charge in [0.25, 0.3) is 0 Å². The van der Waals surface area contributed by atoms with E-state index in [-0.39, 0.29) is 0 Å². The predicted octanol–water partition coefficient (Wildman–Crippen LogP) is 1.62. The zero-order valence-electron chi connectivity index (χ0n) is 11.0. The molecular formula is C14H22N4. The summed E-state index contributed by atoms with van der Waals surface area (Å²) in [5, 5.41) is 0. The van der Waals surface area contributed by atoms with Crippen molar-refractivity contribution < 1.29 is 0 Å². The average molecular weight is 246 g/mol.